The summed E-state index contributed by atoms with van der Waals surface area (Å²) in [6.45, 7) is 16.2. The quantitative estimate of drug-likeness (QED) is 0.448. The molecule has 22 heavy (non-hydrogen) atoms. The first kappa shape index (κ1) is 18.6. The number of likely N-dealkylation sites (N-methyl/N-ethyl adjacent to an activating group) is 1. The molecule has 0 bridgehead atoms. The molecule has 1 aromatic rings. The second-order valence-corrected chi connectivity index (χ2v) is 6.77. The second kappa shape index (κ2) is 7.73. The fourth-order valence-corrected chi connectivity index (χ4v) is 2.53. The van der Waals surface area contributed by atoms with Crippen molar-refractivity contribution in [1.82, 2.24) is 4.90 Å². The molecule has 0 aliphatic heterocycles. The Morgan fingerprint density at radius 2 is 1.82 bits per heavy atom. The number of hydrogen-bond acceptors (Lipinski definition) is 1. The Bertz CT molecular complexity index is 492. The highest BCUT2D eigenvalue weighted by molar-refractivity contribution is 5.21. The molecule has 3 unspecified atom stereocenters. The van der Waals surface area contributed by atoms with E-state index < -0.39 is 6.30 Å². The van der Waals surface area contributed by atoms with E-state index in [1.165, 1.54) is 5.56 Å². The molecule has 1 nitrogen and oxygen atoms in total. The van der Waals surface area contributed by atoms with E-state index in [-0.39, 0.29) is 17.4 Å². The SMILES string of the molecule is C=CC(C)(C)C(=C)C(C)N(C)C(F)CC(C)c1ccccc1. The lowest BCUT2D eigenvalue weighted by molar-refractivity contribution is 0.0697. The van der Waals surface area contributed by atoms with Gasteiger partial charge in [0.15, 0.2) is 6.30 Å². The maximum Gasteiger partial charge on any atom is 0.154 e. The molecule has 0 N–H and O–H groups in total. The zero-order chi connectivity index (χ0) is 16.9. The summed E-state index contributed by atoms with van der Waals surface area (Å²) in [6.07, 6.45) is 1.36. The van der Waals surface area contributed by atoms with Crippen LogP contribution >= 0.6 is 0 Å². The van der Waals surface area contributed by atoms with Crippen LogP contribution in [0, 0.1) is 5.41 Å². The van der Waals surface area contributed by atoms with E-state index in [2.05, 4.69) is 46.1 Å². The van der Waals surface area contributed by atoms with Gasteiger partial charge in [0.1, 0.15) is 0 Å². The number of nitrogens with zero attached hydrogens (tertiary/aromatic N) is 1. The van der Waals surface area contributed by atoms with Gasteiger partial charge in [-0.15, -0.1) is 6.58 Å². The predicted molar refractivity (Wildman–Crippen MR) is 94.7 cm³/mol. The maximum atomic E-state index is 14.7. The summed E-state index contributed by atoms with van der Waals surface area (Å²) in [4.78, 5) is 1.77. The van der Waals surface area contributed by atoms with E-state index >= 15 is 0 Å². The molecule has 1 aromatic carbocycles. The summed E-state index contributed by atoms with van der Waals surface area (Å²) in [6, 6.07) is 10.1. The van der Waals surface area contributed by atoms with Gasteiger partial charge in [0.05, 0.1) is 0 Å². The van der Waals surface area contributed by atoms with Crippen LogP contribution in [0.2, 0.25) is 0 Å². The van der Waals surface area contributed by atoms with Gasteiger partial charge in [0, 0.05) is 11.5 Å². The van der Waals surface area contributed by atoms with E-state index in [1.807, 2.05) is 38.2 Å². The fourth-order valence-electron chi connectivity index (χ4n) is 2.53. The summed E-state index contributed by atoms with van der Waals surface area (Å²) in [5.74, 6) is 0.187. The zero-order valence-electron chi connectivity index (χ0n) is 14.6. The molecule has 122 valence electrons. The van der Waals surface area contributed by atoms with Crippen molar-refractivity contribution in [3.8, 4) is 0 Å². The third-order valence-electron chi connectivity index (χ3n) is 4.81. The van der Waals surface area contributed by atoms with Gasteiger partial charge in [-0.25, -0.2) is 4.39 Å². The highest BCUT2D eigenvalue weighted by atomic mass is 19.1. The molecular formula is C20H30FN. The molecule has 2 heteroatoms. The van der Waals surface area contributed by atoms with Crippen molar-refractivity contribution >= 4 is 0 Å². The Morgan fingerprint density at radius 1 is 1.27 bits per heavy atom. The highest BCUT2D eigenvalue weighted by Gasteiger charge is 2.29. The molecule has 0 aliphatic rings. The zero-order valence-corrected chi connectivity index (χ0v) is 14.6. The molecule has 0 saturated heterocycles. The number of halogens is 1. The monoisotopic (exact) mass is 303 g/mol. The molecule has 1 rings (SSSR count). The van der Waals surface area contributed by atoms with E-state index in [1.54, 1.807) is 4.90 Å². The molecule has 3 atom stereocenters. The van der Waals surface area contributed by atoms with Crippen LogP contribution in [0.3, 0.4) is 0 Å². The lowest BCUT2D eigenvalue weighted by Gasteiger charge is -2.36. The van der Waals surface area contributed by atoms with Crippen molar-refractivity contribution in [1.29, 1.82) is 0 Å². The van der Waals surface area contributed by atoms with Gasteiger partial charge in [-0.1, -0.05) is 69.3 Å². The van der Waals surface area contributed by atoms with Crippen LogP contribution in [0.15, 0.2) is 55.1 Å². The molecular weight excluding hydrogens is 273 g/mol. The van der Waals surface area contributed by atoms with Gasteiger partial charge >= 0.3 is 0 Å². The van der Waals surface area contributed by atoms with Gasteiger partial charge in [-0.2, -0.15) is 0 Å². The van der Waals surface area contributed by atoms with Crippen LogP contribution in [-0.2, 0) is 0 Å². The van der Waals surface area contributed by atoms with E-state index in [4.69, 9.17) is 0 Å². The topological polar surface area (TPSA) is 3.24 Å². The fraction of sp³-hybridized carbons (Fsp3) is 0.500. The van der Waals surface area contributed by atoms with Crippen LogP contribution < -0.4 is 0 Å². The Hall–Kier alpha value is -1.41. The van der Waals surface area contributed by atoms with Crippen molar-refractivity contribution in [2.75, 3.05) is 7.05 Å². The first-order valence-corrected chi connectivity index (χ1v) is 7.94. The van der Waals surface area contributed by atoms with Gasteiger partial charge in [-0.3, -0.25) is 4.90 Å². The molecule has 0 heterocycles. The normalized spacial score (nSPS) is 16.1. The Balaban J connectivity index is 2.70. The van der Waals surface area contributed by atoms with Crippen LogP contribution in [0.5, 0.6) is 0 Å². The van der Waals surface area contributed by atoms with E-state index in [0.29, 0.717) is 6.42 Å². The summed E-state index contributed by atoms with van der Waals surface area (Å²) in [5, 5.41) is 0. The summed E-state index contributed by atoms with van der Waals surface area (Å²) in [7, 11) is 1.83. The van der Waals surface area contributed by atoms with Crippen LogP contribution in [-0.4, -0.2) is 24.3 Å². The minimum atomic E-state index is -0.998. The van der Waals surface area contributed by atoms with Gasteiger partial charge in [0.25, 0.3) is 0 Å². The van der Waals surface area contributed by atoms with Crippen molar-refractivity contribution in [2.45, 2.75) is 52.4 Å². The van der Waals surface area contributed by atoms with E-state index in [0.717, 1.165) is 5.57 Å². The third-order valence-corrected chi connectivity index (χ3v) is 4.81. The van der Waals surface area contributed by atoms with E-state index in [9.17, 15) is 4.39 Å². The Morgan fingerprint density at radius 3 is 2.32 bits per heavy atom. The van der Waals surface area contributed by atoms with Crippen LogP contribution in [0.4, 0.5) is 4.39 Å². The highest BCUT2D eigenvalue weighted by Crippen LogP contribution is 2.32. The summed E-state index contributed by atoms with van der Waals surface area (Å²) >= 11 is 0. The van der Waals surface area contributed by atoms with Gasteiger partial charge < -0.3 is 0 Å². The summed E-state index contributed by atoms with van der Waals surface area (Å²) < 4.78 is 14.7. The van der Waals surface area contributed by atoms with Crippen molar-refractivity contribution in [2.24, 2.45) is 5.41 Å². The molecule has 0 fully saturated rings. The number of benzene rings is 1. The summed E-state index contributed by atoms with van der Waals surface area (Å²) in [5.41, 5.74) is 1.97. The van der Waals surface area contributed by atoms with Crippen molar-refractivity contribution in [3.05, 3.63) is 60.7 Å². The largest absolute Gasteiger partial charge is 0.271 e. The van der Waals surface area contributed by atoms with Gasteiger partial charge in [-0.05, 0) is 31.9 Å². The van der Waals surface area contributed by atoms with Crippen molar-refractivity contribution < 1.29 is 4.39 Å². The number of hydrogen-bond donors (Lipinski definition) is 0. The number of alkyl halides is 1. The Labute approximate surface area is 135 Å². The van der Waals surface area contributed by atoms with Crippen LogP contribution in [0.1, 0.15) is 45.6 Å². The number of rotatable bonds is 8. The average Bonchev–Trinajstić information content (AvgIpc) is 2.53. The number of allylic oxidation sites excluding steroid dienone is 1. The first-order valence-electron chi connectivity index (χ1n) is 7.94. The molecule has 0 radical (unpaired) electrons. The third kappa shape index (κ3) is 4.54. The second-order valence-electron chi connectivity index (χ2n) is 6.77. The first-order chi connectivity index (χ1) is 10.2. The standard InChI is InChI=1S/C20H30FN/c1-8-20(5,6)16(3)17(4)22(7)19(21)14-15(2)18-12-10-9-11-13-18/h8-13,15,17,19H,1,3,14H2,2,4-7H3. The van der Waals surface area contributed by atoms with Gasteiger partial charge in [0.2, 0.25) is 0 Å². The smallest absolute Gasteiger partial charge is 0.154 e. The molecule has 0 aromatic heterocycles. The molecule has 0 amide bonds. The van der Waals surface area contributed by atoms with Crippen LogP contribution in [0.25, 0.3) is 0 Å². The average molecular weight is 303 g/mol. The Kier molecular flexibility index (Phi) is 6.55. The molecule has 0 aliphatic carbocycles. The van der Waals surface area contributed by atoms with Crippen molar-refractivity contribution in [3.63, 3.8) is 0 Å². The lowest BCUT2D eigenvalue weighted by atomic mass is 9.81. The molecule has 0 spiro atoms. The minimum absolute atomic E-state index is 0.0361. The minimum Gasteiger partial charge on any atom is -0.271 e. The lowest BCUT2D eigenvalue weighted by Crippen LogP contribution is -2.40. The molecule has 0 saturated carbocycles. The maximum absolute atomic E-state index is 14.7. The predicted octanol–water partition coefficient (Wildman–Crippen LogP) is 5.56.